The van der Waals surface area contributed by atoms with Gasteiger partial charge >= 0.3 is 6.36 Å². The van der Waals surface area contributed by atoms with E-state index in [1.54, 1.807) is 0 Å². The van der Waals surface area contributed by atoms with Crippen molar-refractivity contribution in [3.8, 4) is 5.75 Å². The van der Waals surface area contributed by atoms with Gasteiger partial charge in [-0.15, -0.1) is 13.2 Å². The highest BCUT2D eigenvalue weighted by molar-refractivity contribution is 6.32. The molecule has 0 aliphatic carbocycles. The molecule has 1 atom stereocenters. The summed E-state index contributed by atoms with van der Waals surface area (Å²) in [6, 6.07) is 3.40. The molecule has 1 unspecified atom stereocenters. The van der Waals surface area contributed by atoms with Gasteiger partial charge in [-0.05, 0) is 24.1 Å². The van der Waals surface area contributed by atoms with Crippen LogP contribution in [0.15, 0.2) is 18.2 Å². The summed E-state index contributed by atoms with van der Waals surface area (Å²) in [4.78, 5) is 0. The lowest BCUT2D eigenvalue weighted by Gasteiger charge is -2.12. The summed E-state index contributed by atoms with van der Waals surface area (Å²) in [7, 11) is 0. The second kappa shape index (κ2) is 5.57. The highest BCUT2D eigenvalue weighted by atomic mass is 35.5. The molecule has 0 aliphatic heterocycles. The highest BCUT2D eigenvalue weighted by Crippen LogP contribution is 2.30. The van der Waals surface area contributed by atoms with Gasteiger partial charge in [0, 0.05) is 6.04 Å². The van der Waals surface area contributed by atoms with Gasteiger partial charge in [0.25, 0.3) is 0 Å². The molecular weight excluding hydrogens is 259 g/mol. The van der Waals surface area contributed by atoms with E-state index in [2.05, 4.69) is 4.74 Å². The third-order valence-electron chi connectivity index (χ3n) is 1.95. The molecule has 0 heterocycles. The molecule has 0 aromatic heterocycles. The zero-order chi connectivity index (χ0) is 13.1. The Kier molecular flexibility index (Phi) is 4.62. The Hall–Kier alpha value is -0.980. The average molecular weight is 270 g/mol. The summed E-state index contributed by atoms with van der Waals surface area (Å²) in [5.41, 5.74) is 6.12. The maximum Gasteiger partial charge on any atom is 0.573 e. The SMILES string of the molecule is NC(CO)Cc1ccc(OC(F)(F)F)c(Cl)c1. The quantitative estimate of drug-likeness (QED) is 0.880. The number of rotatable bonds is 4. The van der Waals surface area contributed by atoms with E-state index in [4.69, 9.17) is 22.4 Å². The molecule has 17 heavy (non-hydrogen) atoms. The molecule has 0 aliphatic rings. The standard InChI is InChI=1S/C10H11ClF3NO2/c11-8-4-6(3-7(15)5-16)1-2-9(8)17-10(12,13)14/h1-2,4,7,16H,3,5,15H2. The van der Waals surface area contributed by atoms with E-state index in [-0.39, 0.29) is 11.6 Å². The predicted molar refractivity (Wildman–Crippen MR) is 56.9 cm³/mol. The van der Waals surface area contributed by atoms with Crippen LogP contribution in [-0.4, -0.2) is 24.1 Å². The largest absolute Gasteiger partial charge is 0.573 e. The fourth-order valence-electron chi connectivity index (χ4n) is 1.25. The second-order valence-corrected chi connectivity index (χ2v) is 3.87. The lowest BCUT2D eigenvalue weighted by Crippen LogP contribution is -2.26. The Labute approximate surface area is 101 Å². The van der Waals surface area contributed by atoms with Gasteiger partial charge in [0.1, 0.15) is 5.75 Å². The molecule has 0 amide bonds. The smallest absolute Gasteiger partial charge is 0.404 e. The van der Waals surface area contributed by atoms with Crippen LogP contribution in [0.4, 0.5) is 13.2 Å². The van der Waals surface area contributed by atoms with E-state index in [9.17, 15) is 13.2 Å². The molecule has 3 N–H and O–H groups in total. The first-order valence-corrected chi connectivity index (χ1v) is 5.10. The number of hydrogen-bond donors (Lipinski definition) is 2. The van der Waals surface area contributed by atoms with Crippen molar-refractivity contribution in [3.05, 3.63) is 28.8 Å². The Morgan fingerprint density at radius 2 is 2.06 bits per heavy atom. The molecule has 0 saturated heterocycles. The number of aliphatic hydroxyl groups excluding tert-OH is 1. The summed E-state index contributed by atoms with van der Waals surface area (Å²) >= 11 is 5.63. The third-order valence-corrected chi connectivity index (χ3v) is 2.25. The van der Waals surface area contributed by atoms with Gasteiger partial charge in [-0.25, -0.2) is 0 Å². The van der Waals surface area contributed by atoms with Crippen molar-refractivity contribution in [2.24, 2.45) is 5.73 Å². The highest BCUT2D eigenvalue weighted by Gasteiger charge is 2.32. The molecule has 96 valence electrons. The lowest BCUT2D eigenvalue weighted by atomic mass is 10.1. The molecule has 1 rings (SSSR count). The number of aliphatic hydroxyl groups is 1. The zero-order valence-electron chi connectivity index (χ0n) is 8.67. The van der Waals surface area contributed by atoms with Crippen molar-refractivity contribution < 1.29 is 23.0 Å². The van der Waals surface area contributed by atoms with Gasteiger partial charge in [-0.3, -0.25) is 0 Å². The number of halogens is 4. The first-order valence-electron chi connectivity index (χ1n) is 4.72. The van der Waals surface area contributed by atoms with E-state index in [1.165, 1.54) is 12.1 Å². The van der Waals surface area contributed by atoms with Crippen molar-refractivity contribution in [2.75, 3.05) is 6.61 Å². The fourth-order valence-corrected chi connectivity index (χ4v) is 1.49. The normalized spacial score (nSPS) is 13.5. The Bertz CT molecular complexity index is 384. The van der Waals surface area contributed by atoms with Crippen molar-refractivity contribution in [3.63, 3.8) is 0 Å². The topological polar surface area (TPSA) is 55.5 Å². The summed E-state index contributed by atoms with van der Waals surface area (Å²) in [6.45, 7) is -0.210. The first kappa shape index (κ1) is 14.1. The molecular formula is C10H11ClF3NO2. The third kappa shape index (κ3) is 4.80. The van der Waals surface area contributed by atoms with Crippen LogP contribution in [0.2, 0.25) is 5.02 Å². The maximum absolute atomic E-state index is 12.0. The van der Waals surface area contributed by atoms with Gasteiger partial charge in [0.05, 0.1) is 11.6 Å². The molecule has 0 radical (unpaired) electrons. The fraction of sp³-hybridized carbons (Fsp3) is 0.400. The Morgan fingerprint density at radius 1 is 1.41 bits per heavy atom. The number of nitrogens with two attached hydrogens (primary N) is 1. The molecule has 7 heteroatoms. The van der Waals surface area contributed by atoms with Crippen LogP contribution in [0.1, 0.15) is 5.56 Å². The van der Waals surface area contributed by atoms with Gasteiger partial charge in [-0.1, -0.05) is 17.7 Å². The Morgan fingerprint density at radius 3 is 2.53 bits per heavy atom. The second-order valence-electron chi connectivity index (χ2n) is 3.46. The van der Waals surface area contributed by atoms with Crippen LogP contribution in [0.25, 0.3) is 0 Å². The minimum absolute atomic E-state index is 0.148. The molecule has 0 saturated carbocycles. The first-order chi connectivity index (χ1) is 7.81. The van der Waals surface area contributed by atoms with Gasteiger partial charge < -0.3 is 15.6 Å². The number of alkyl halides is 3. The van der Waals surface area contributed by atoms with Crippen LogP contribution >= 0.6 is 11.6 Å². The molecule has 1 aromatic carbocycles. The Balaban J connectivity index is 2.79. The van der Waals surface area contributed by atoms with Gasteiger partial charge in [0.15, 0.2) is 0 Å². The average Bonchev–Trinajstić information content (AvgIpc) is 2.20. The van der Waals surface area contributed by atoms with E-state index in [0.717, 1.165) is 6.07 Å². The van der Waals surface area contributed by atoms with E-state index in [1.807, 2.05) is 0 Å². The number of ether oxygens (including phenoxy) is 1. The van der Waals surface area contributed by atoms with Crippen LogP contribution in [0.3, 0.4) is 0 Å². The van der Waals surface area contributed by atoms with Crippen molar-refractivity contribution in [1.29, 1.82) is 0 Å². The molecule has 3 nitrogen and oxygen atoms in total. The maximum atomic E-state index is 12.0. The van der Waals surface area contributed by atoms with E-state index < -0.39 is 18.2 Å². The monoisotopic (exact) mass is 269 g/mol. The van der Waals surface area contributed by atoms with Gasteiger partial charge in [0.2, 0.25) is 0 Å². The summed E-state index contributed by atoms with van der Waals surface area (Å²) in [6.07, 6.45) is -4.45. The summed E-state index contributed by atoms with van der Waals surface area (Å²) in [5.74, 6) is -0.458. The zero-order valence-corrected chi connectivity index (χ0v) is 9.42. The summed E-state index contributed by atoms with van der Waals surface area (Å²) in [5, 5.41) is 8.59. The van der Waals surface area contributed by atoms with Crippen molar-refractivity contribution >= 4 is 11.6 Å². The van der Waals surface area contributed by atoms with Crippen LogP contribution in [0.5, 0.6) is 5.75 Å². The molecule has 0 fully saturated rings. The van der Waals surface area contributed by atoms with Crippen LogP contribution in [-0.2, 0) is 6.42 Å². The molecule has 0 bridgehead atoms. The number of hydrogen-bond acceptors (Lipinski definition) is 3. The van der Waals surface area contributed by atoms with Gasteiger partial charge in [-0.2, -0.15) is 0 Å². The van der Waals surface area contributed by atoms with Crippen LogP contribution in [0, 0.1) is 0 Å². The minimum Gasteiger partial charge on any atom is -0.404 e. The van der Waals surface area contributed by atoms with Crippen molar-refractivity contribution in [1.82, 2.24) is 0 Å². The molecule has 0 spiro atoms. The summed E-state index contributed by atoms with van der Waals surface area (Å²) < 4.78 is 39.6. The minimum atomic E-state index is -4.77. The lowest BCUT2D eigenvalue weighted by molar-refractivity contribution is -0.274. The van der Waals surface area contributed by atoms with E-state index in [0.29, 0.717) is 12.0 Å². The van der Waals surface area contributed by atoms with E-state index >= 15 is 0 Å². The van der Waals surface area contributed by atoms with Crippen LogP contribution < -0.4 is 10.5 Å². The number of benzene rings is 1. The molecule has 1 aromatic rings. The van der Waals surface area contributed by atoms with Crippen molar-refractivity contribution in [2.45, 2.75) is 18.8 Å². The predicted octanol–water partition coefficient (Wildman–Crippen LogP) is 2.10.